The van der Waals surface area contributed by atoms with Gasteiger partial charge in [-0.3, -0.25) is 0 Å². The van der Waals surface area contributed by atoms with Crippen molar-refractivity contribution in [2.75, 3.05) is 11.1 Å². The summed E-state index contributed by atoms with van der Waals surface area (Å²) in [4.78, 5) is 24.3. The van der Waals surface area contributed by atoms with Crippen LogP contribution in [0, 0.1) is 13.8 Å². The Hall–Kier alpha value is -3.42. The van der Waals surface area contributed by atoms with Gasteiger partial charge in [-0.1, -0.05) is 18.2 Å². The number of benzene rings is 1. The third-order valence-corrected chi connectivity index (χ3v) is 3.50. The Balaban J connectivity index is 1.72. The topological polar surface area (TPSA) is 116 Å². The SMILES string of the molecule is Cc1ccccc1Nc1nc(N)nc(COC(=O)c2ccoc2C)n1. The Morgan fingerprint density at radius 2 is 2.00 bits per heavy atom. The molecule has 25 heavy (non-hydrogen) atoms. The summed E-state index contributed by atoms with van der Waals surface area (Å²) in [5.74, 6) is 0.544. The summed E-state index contributed by atoms with van der Waals surface area (Å²) in [6.45, 7) is 3.52. The number of anilines is 3. The van der Waals surface area contributed by atoms with E-state index in [0.29, 0.717) is 11.3 Å². The smallest absolute Gasteiger partial charge is 0.342 e. The van der Waals surface area contributed by atoms with Crippen LogP contribution >= 0.6 is 0 Å². The van der Waals surface area contributed by atoms with Gasteiger partial charge in [0.15, 0.2) is 12.4 Å². The van der Waals surface area contributed by atoms with E-state index in [1.807, 2.05) is 31.2 Å². The van der Waals surface area contributed by atoms with Gasteiger partial charge in [-0.15, -0.1) is 0 Å². The zero-order valence-electron chi connectivity index (χ0n) is 13.8. The van der Waals surface area contributed by atoms with Gasteiger partial charge < -0.3 is 20.2 Å². The van der Waals surface area contributed by atoms with Crippen molar-refractivity contribution >= 4 is 23.6 Å². The van der Waals surface area contributed by atoms with E-state index in [9.17, 15) is 4.79 Å². The highest BCUT2D eigenvalue weighted by Crippen LogP contribution is 2.18. The number of nitrogens with one attached hydrogen (secondary N) is 1. The van der Waals surface area contributed by atoms with Crippen molar-refractivity contribution in [3.63, 3.8) is 0 Å². The summed E-state index contributed by atoms with van der Waals surface area (Å²) < 4.78 is 10.3. The zero-order chi connectivity index (χ0) is 17.8. The summed E-state index contributed by atoms with van der Waals surface area (Å²) in [7, 11) is 0. The van der Waals surface area contributed by atoms with Gasteiger partial charge >= 0.3 is 5.97 Å². The van der Waals surface area contributed by atoms with E-state index in [1.165, 1.54) is 6.26 Å². The number of aryl methyl sites for hydroxylation is 2. The third-order valence-electron chi connectivity index (χ3n) is 3.50. The number of furan rings is 1. The van der Waals surface area contributed by atoms with Crippen LogP contribution in [0.1, 0.15) is 27.5 Å². The fraction of sp³-hybridized carbons (Fsp3) is 0.176. The second-order valence-electron chi connectivity index (χ2n) is 5.34. The molecule has 2 aromatic heterocycles. The lowest BCUT2D eigenvalue weighted by atomic mass is 10.2. The highest BCUT2D eigenvalue weighted by molar-refractivity contribution is 5.90. The maximum Gasteiger partial charge on any atom is 0.342 e. The van der Waals surface area contributed by atoms with Gasteiger partial charge in [-0.25, -0.2) is 4.79 Å². The predicted molar refractivity (Wildman–Crippen MR) is 91.3 cm³/mol. The Kier molecular flexibility index (Phi) is 4.60. The predicted octanol–water partition coefficient (Wildman–Crippen LogP) is 2.76. The molecular weight excluding hydrogens is 322 g/mol. The molecular formula is C17H17N5O3. The number of hydrogen-bond donors (Lipinski definition) is 2. The summed E-state index contributed by atoms with van der Waals surface area (Å²) in [5.41, 5.74) is 7.96. The second kappa shape index (κ2) is 7.00. The molecule has 0 bridgehead atoms. The minimum absolute atomic E-state index is 0.0385. The molecule has 0 radical (unpaired) electrons. The average molecular weight is 339 g/mol. The molecule has 0 saturated heterocycles. The van der Waals surface area contributed by atoms with Crippen molar-refractivity contribution < 1.29 is 13.9 Å². The van der Waals surface area contributed by atoms with Crippen LogP contribution in [-0.2, 0) is 11.3 Å². The summed E-state index contributed by atoms with van der Waals surface area (Å²) in [6.07, 6.45) is 1.43. The van der Waals surface area contributed by atoms with E-state index in [0.717, 1.165) is 11.3 Å². The molecule has 0 spiro atoms. The van der Waals surface area contributed by atoms with Gasteiger partial charge in [0.05, 0.1) is 6.26 Å². The number of nitrogens with two attached hydrogens (primary N) is 1. The third kappa shape index (κ3) is 3.92. The molecule has 0 fully saturated rings. The highest BCUT2D eigenvalue weighted by Gasteiger charge is 2.14. The van der Waals surface area contributed by atoms with E-state index in [-0.39, 0.29) is 24.3 Å². The number of hydrogen-bond acceptors (Lipinski definition) is 8. The van der Waals surface area contributed by atoms with Crippen LogP contribution < -0.4 is 11.1 Å². The Morgan fingerprint density at radius 1 is 1.20 bits per heavy atom. The first-order chi connectivity index (χ1) is 12.0. The molecule has 0 aliphatic heterocycles. The molecule has 0 amide bonds. The molecule has 0 atom stereocenters. The molecule has 3 N–H and O–H groups in total. The molecule has 0 unspecified atom stereocenters. The van der Waals surface area contributed by atoms with Crippen molar-refractivity contribution in [1.82, 2.24) is 15.0 Å². The number of para-hydroxylation sites is 1. The zero-order valence-corrected chi connectivity index (χ0v) is 13.8. The van der Waals surface area contributed by atoms with Crippen molar-refractivity contribution in [3.05, 3.63) is 59.3 Å². The van der Waals surface area contributed by atoms with Crippen LogP contribution in [0.4, 0.5) is 17.6 Å². The molecule has 3 aromatic rings. The number of aromatic nitrogens is 3. The molecule has 8 nitrogen and oxygen atoms in total. The largest absolute Gasteiger partial charge is 0.469 e. The standard InChI is InChI=1S/C17H17N5O3/c1-10-5-3-4-6-13(10)19-17-21-14(20-16(18)22-17)9-25-15(23)12-7-8-24-11(12)2/h3-8H,9H2,1-2H3,(H3,18,19,20,21,22). The molecule has 1 aromatic carbocycles. The lowest BCUT2D eigenvalue weighted by Gasteiger charge is -2.09. The van der Waals surface area contributed by atoms with E-state index in [4.69, 9.17) is 14.9 Å². The van der Waals surface area contributed by atoms with Gasteiger partial charge in [-0.2, -0.15) is 15.0 Å². The highest BCUT2D eigenvalue weighted by atomic mass is 16.5. The van der Waals surface area contributed by atoms with E-state index in [1.54, 1.807) is 13.0 Å². The minimum Gasteiger partial charge on any atom is -0.469 e. The molecule has 128 valence electrons. The van der Waals surface area contributed by atoms with Gasteiger partial charge in [0.1, 0.15) is 11.3 Å². The number of carbonyl (C=O) groups excluding carboxylic acids is 1. The quantitative estimate of drug-likeness (QED) is 0.682. The van der Waals surface area contributed by atoms with Crippen molar-refractivity contribution in [2.24, 2.45) is 0 Å². The monoisotopic (exact) mass is 339 g/mol. The van der Waals surface area contributed by atoms with Crippen LogP contribution in [0.15, 0.2) is 41.0 Å². The number of nitrogens with zero attached hydrogens (tertiary/aromatic N) is 3. The van der Waals surface area contributed by atoms with Crippen LogP contribution in [-0.4, -0.2) is 20.9 Å². The number of nitrogen functional groups attached to an aromatic ring is 1. The van der Waals surface area contributed by atoms with Crippen LogP contribution in [0.5, 0.6) is 0 Å². The molecule has 8 heteroatoms. The maximum atomic E-state index is 12.0. The number of esters is 1. The lowest BCUT2D eigenvalue weighted by molar-refractivity contribution is 0.0460. The van der Waals surface area contributed by atoms with E-state index >= 15 is 0 Å². The second-order valence-corrected chi connectivity index (χ2v) is 5.34. The number of ether oxygens (including phenoxy) is 1. The Labute approximate surface area is 144 Å². The van der Waals surface area contributed by atoms with Crippen molar-refractivity contribution in [3.8, 4) is 0 Å². The fourth-order valence-electron chi connectivity index (χ4n) is 2.20. The van der Waals surface area contributed by atoms with Crippen molar-refractivity contribution in [1.29, 1.82) is 0 Å². The molecule has 3 rings (SSSR count). The van der Waals surface area contributed by atoms with Crippen LogP contribution in [0.25, 0.3) is 0 Å². The number of rotatable bonds is 5. The molecule has 0 saturated carbocycles. The lowest BCUT2D eigenvalue weighted by Crippen LogP contribution is -2.11. The van der Waals surface area contributed by atoms with Gasteiger partial charge in [0, 0.05) is 5.69 Å². The molecule has 0 aliphatic rings. The van der Waals surface area contributed by atoms with E-state index in [2.05, 4.69) is 20.3 Å². The first-order valence-corrected chi connectivity index (χ1v) is 7.57. The van der Waals surface area contributed by atoms with Gasteiger partial charge in [0.2, 0.25) is 11.9 Å². The normalized spacial score (nSPS) is 10.5. The van der Waals surface area contributed by atoms with E-state index < -0.39 is 5.97 Å². The molecule has 0 aliphatic carbocycles. The first kappa shape index (κ1) is 16.4. The fourth-order valence-corrected chi connectivity index (χ4v) is 2.20. The van der Waals surface area contributed by atoms with Crippen molar-refractivity contribution in [2.45, 2.75) is 20.5 Å². The van der Waals surface area contributed by atoms with Crippen LogP contribution in [0.2, 0.25) is 0 Å². The molecule has 2 heterocycles. The minimum atomic E-state index is -0.515. The average Bonchev–Trinajstić information content (AvgIpc) is 3.00. The first-order valence-electron chi connectivity index (χ1n) is 7.57. The Bertz CT molecular complexity index is 907. The maximum absolute atomic E-state index is 12.0. The summed E-state index contributed by atoms with van der Waals surface area (Å²) in [6, 6.07) is 9.24. The number of carbonyl (C=O) groups is 1. The summed E-state index contributed by atoms with van der Waals surface area (Å²) >= 11 is 0. The summed E-state index contributed by atoms with van der Waals surface area (Å²) in [5, 5.41) is 3.08. The van der Waals surface area contributed by atoms with Gasteiger partial charge in [-0.05, 0) is 31.5 Å². The Morgan fingerprint density at radius 3 is 2.72 bits per heavy atom. The van der Waals surface area contributed by atoms with Crippen LogP contribution in [0.3, 0.4) is 0 Å². The van der Waals surface area contributed by atoms with Gasteiger partial charge in [0.25, 0.3) is 0 Å².